The highest BCUT2D eigenvalue weighted by molar-refractivity contribution is 5.95. The van der Waals surface area contributed by atoms with Crippen LogP contribution in [0.15, 0.2) is 55.1 Å². The van der Waals surface area contributed by atoms with Crippen molar-refractivity contribution in [2.75, 3.05) is 10.2 Å². The SMILES string of the molecule is C=CCCCC(=O)Nc1ccc(-c2ccc3c(c2)C(NC(=O)OC(C)C)[C@@H](C)C(CC)N3C(C)=O)cc1. The standard InChI is InChI=1S/C30H39N3O4/c1-7-9-10-11-28(35)31-24-15-12-22(13-16-24)23-14-17-27-25(18-23)29(32-30(36)37-19(3)4)20(5)26(8-2)33(27)21(6)34/h7,12-20,26,29H,1,8-11H2,2-6H3,(H,31,35)(H,32,36)/t20-,26?,29?/m0/s1. The van der Waals surface area contributed by atoms with Crippen LogP contribution >= 0.6 is 0 Å². The van der Waals surface area contributed by atoms with Crippen LogP contribution in [0.5, 0.6) is 0 Å². The average Bonchev–Trinajstić information content (AvgIpc) is 2.85. The number of nitrogens with one attached hydrogen (secondary N) is 2. The van der Waals surface area contributed by atoms with E-state index in [1.807, 2.05) is 67.3 Å². The second-order valence-corrected chi connectivity index (χ2v) is 9.88. The van der Waals surface area contributed by atoms with Gasteiger partial charge in [0.2, 0.25) is 11.8 Å². The highest BCUT2D eigenvalue weighted by atomic mass is 16.6. The number of amides is 3. The molecule has 3 amide bonds. The molecule has 7 heteroatoms. The van der Waals surface area contributed by atoms with E-state index in [9.17, 15) is 14.4 Å². The van der Waals surface area contributed by atoms with Crippen LogP contribution in [0.1, 0.15) is 71.9 Å². The Bertz CT molecular complexity index is 1130. The van der Waals surface area contributed by atoms with Gasteiger partial charge >= 0.3 is 6.09 Å². The number of fused-ring (bicyclic) bond motifs is 1. The van der Waals surface area contributed by atoms with Crippen LogP contribution in [0.25, 0.3) is 11.1 Å². The molecule has 0 saturated heterocycles. The summed E-state index contributed by atoms with van der Waals surface area (Å²) in [5.74, 6) is -0.0616. The number of rotatable bonds is 9. The monoisotopic (exact) mass is 505 g/mol. The van der Waals surface area contributed by atoms with Crippen molar-refractivity contribution in [1.29, 1.82) is 0 Å². The molecular weight excluding hydrogens is 466 g/mol. The lowest BCUT2D eigenvalue weighted by atomic mass is 9.80. The number of carbonyl (C=O) groups excluding carboxylic acids is 3. The van der Waals surface area contributed by atoms with Crippen LogP contribution in [0.3, 0.4) is 0 Å². The summed E-state index contributed by atoms with van der Waals surface area (Å²) in [7, 11) is 0. The molecule has 0 radical (unpaired) electrons. The van der Waals surface area contributed by atoms with Gasteiger partial charge in [-0.1, -0.05) is 38.1 Å². The molecule has 198 valence electrons. The fraction of sp³-hybridized carbons (Fsp3) is 0.433. The van der Waals surface area contributed by atoms with Crippen LogP contribution in [0.4, 0.5) is 16.2 Å². The first-order valence-electron chi connectivity index (χ1n) is 13.1. The maximum absolute atomic E-state index is 12.7. The summed E-state index contributed by atoms with van der Waals surface area (Å²) in [4.78, 5) is 39.3. The lowest BCUT2D eigenvalue weighted by Crippen LogP contribution is -2.52. The molecule has 0 aromatic heterocycles. The summed E-state index contributed by atoms with van der Waals surface area (Å²) < 4.78 is 5.38. The smallest absolute Gasteiger partial charge is 0.407 e. The van der Waals surface area contributed by atoms with Gasteiger partial charge in [-0.05, 0) is 74.1 Å². The van der Waals surface area contributed by atoms with Gasteiger partial charge < -0.3 is 20.3 Å². The number of alkyl carbamates (subject to hydrolysis) is 1. The van der Waals surface area contributed by atoms with Crippen LogP contribution in [-0.4, -0.2) is 30.1 Å². The number of ether oxygens (including phenoxy) is 1. The van der Waals surface area contributed by atoms with E-state index >= 15 is 0 Å². The Balaban J connectivity index is 1.92. The molecule has 37 heavy (non-hydrogen) atoms. The fourth-order valence-corrected chi connectivity index (χ4v) is 5.04. The summed E-state index contributed by atoms with van der Waals surface area (Å²) in [6, 6.07) is 13.3. The maximum Gasteiger partial charge on any atom is 0.407 e. The minimum atomic E-state index is -0.470. The van der Waals surface area contributed by atoms with Crippen molar-refractivity contribution in [3.05, 3.63) is 60.7 Å². The first-order valence-corrected chi connectivity index (χ1v) is 13.1. The van der Waals surface area contributed by atoms with Crippen molar-refractivity contribution >= 4 is 29.3 Å². The molecule has 3 atom stereocenters. The molecule has 0 saturated carbocycles. The lowest BCUT2D eigenvalue weighted by molar-refractivity contribution is -0.117. The number of carbonyl (C=O) groups is 3. The van der Waals surface area contributed by atoms with Gasteiger partial charge in [0.1, 0.15) is 0 Å². The molecule has 2 unspecified atom stereocenters. The summed E-state index contributed by atoms with van der Waals surface area (Å²) in [6.45, 7) is 13.0. The molecule has 0 aliphatic carbocycles. The second-order valence-electron chi connectivity index (χ2n) is 9.88. The van der Waals surface area contributed by atoms with E-state index in [4.69, 9.17) is 4.74 Å². The zero-order chi connectivity index (χ0) is 27.1. The van der Waals surface area contributed by atoms with Crippen LogP contribution in [0, 0.1) is 5.92 Å². The van der Waals surface area contributed by atoms with Gasteiger partial charge in [-0.2, -0.15) is 0 Å². The van der Waals surface area contributed by atoms with Crippen LogP contribution < -0.4 is 15.5 Å². The van der Waals surface area contributed by atoms with Gasteiger partial charge in [-0.15, -0.1) is 6.58 Å². The Labute approximate surface area is 220 Å². The summed E-state index contributed by atoms with van der Waals surface area (Å²) in [6.07, 6.45) is 3.91. The van der Waals surface area contributed by atoms with E-state index in [2.05, 4.69) is 31.1 Å². The first-order chi connectivity index (χ1) is 17.7. The average molecular weight is 506 g/mol. The topological polar surface area (TPSA) is 87.7 Å². The number of unbranched alkanes of at least 4 members (excludes halogenated alkanes) is 1. The highest BCUT2D eigenvalue weighted by Crippen LogP contribution is 2.43. The molecule has 3 rings (SSSR count). The lowest BCUT2D eigenvalue weighted by Gasteiger charge is -2.45. The van der Waals surface area contributed by atoms with Crippen molar-refractivity contribution in [2.45, 2.75) is 78.5 Å². The molecule has 2 N–H and O–H groups in total. The number of allylic oxidation sites excluding steroid dienone is 1. The number of anilines is 2. The molecule has 0 spiro atoms. The molecule has 2 aromatic rings. The zero-order valence-electron chi connectivity index (χ0n) is 22.5. The molecular formula is C30H39N3O4. The largest absolute Gasteiger partial charge is 0.447 e. The van der Waals surface area contributed by atoms with Gasteiger partial charge in [-0.25, -0.2) is 4.79 Å². The number of hydrogen-bond acceptors (Lipinski definition) is 4. The Morgan fingerprint density at radius 3 is 2.38 bits per heavy atom. The first kappa shape index (κ1) is 28.0. The van der Waals surface area contributed by atoms with E-state index in [0.29, 0.717) is 6.42 Å². The Kier molecular flexibility index (Phi) is 9.50. The normalized spacial score (nSPS) is 18.6. The fourth-order valence-electron chi connectivity index (χ4n) is 5.04. The molecule has 0 bridgehead atoms. The Hall–Kier alpha value is -3.61. The van der Waals surface area contributed by atoms with Crippen molar-refractivity contribution in [3.8, 4) is 11.1 Å². The van der Waals surface area contributed by atoms with Gasteiger partial charge in [0.15, 0.2) is 0 Å². The summed E-state index contributed by atoms with van der Waals surface area (Å²) in [5, 5.41) is 5.99. The molecule has 1 heterocycles. The summed E-state index contributed by atoms with van der Waals surface area (Å²) >= 11 is 0. The third-order valence-electron chi connectivity index (χ3n) is 6.77. The number of benzene rings is 2. The van der Waals surface area contributed by atoms with Crippen molar-refractivity contribution in [1.82, 2.24) is 5.32 Å². The third kappa shape index (κ3) is 6.79. The number of nitrogens with zero attached hydrogens (tertiary/aromatic N) is 1. The van der Waals surface area contributed by atoms with Crippen molar-refractivity contribution in [2.24, 2.45) is 5.92 Å². The zero-order valence-corrected chi connectivity index (χ0v) is 22.5. The molecule has 0 fully saturated rings. The van der Waals surface area contributed by atoms with E-state index in [1.54, 1.807) is 6.92 Å². The van der Waals surface area contributed by atoms with Crippen LogP contribution in [-0.2, 0) is 14.3 Å². The molecule has 7 nitrogen and oxygen atoms in total. The van der Waals surface area contributed by atoms with Crippen LogP contribution in [0.2, 0.25) is 0 Å². The van der Waals surface area contributed by atoms with Gasteiger partial charge in [0.05, 0.1) is 12.1 Å². The predicted molar refractivity (Wildman–Crippen MR) is 148 cm³/mol. The second kappa shape index (κ2) is 12.6. The minimum Gasteiger partial charge on any atom is -0.447 e. The molecule has 1 aliphatic rings. The minimum absolute atomic E-state index is 0.0185. The van der Waals surface area contributed by atoms with E-state index in [-0.39, 0.29) is 35.9 Å². The third-order valence-corrected chi connectivity index (χ3v) is 6.77. The number of hydrogen-bond donors (Lipinski definition) is 2. The van der Waals surface area contributed by atoms with Gasteiger partial charge in [0.25, 0.3) is 0 Å². The molecule has 2 aromatic carbocycles. The highest BCUT2D eigenvalue weighted by Gasteiger charge is 2.40. The Morgan fingerprint density at radius 1 is 1.11 bits per heavy atom. The predicted octanol–water partition coefficient (Wildman–Crippen LogP) is 6.61. The van der Waals surface area contributed by atoms with Gasteiger partial charge in [-0.3, -0.25) is 9.59 Å². The quantitative estimate of drug-likeness (QED) is 0.297. The van der Waals surface area contributed by atoms with E-state index < -0.39 is 6.09 Å². The van der Waals surface area contributed by atoms with Crippen molar-refractivity contribution < 1.29 is 19.1 Å². The van der Waals surface area contributed by atoms with Gasteiger partial charge in [0, 0.05) is 36.7 Å². The summed E-state index contributed by atoms with van der Waals surface area (Å²) in [5.41, 5.74) is 4.35. The van der Waals surface area contributed by atoms with E-state index in [1.165, 1.54) is 0 Å². The maximum atomic E-state index is 12.7. The Morgan fingerprint density at radius 2 is 1.78 bits per heavy atom. The molecule has 1 aliphatic heterocycles. The van der Waals surface area contributed by atoms with E-state index in [0.717, 1.165) is 47.3 Å². The van der Waals surface area contributed by atoms with Crippen molar-refractivity contribution in [3.63, 3.8) is 0 Å².